The number of nitrogens with one attached hydrogen (secondary N) is 1. The summed E-state index contributed by atoms with van der Waals surface area (Å²) >= 11 is 0. The van der Waals surface area contributed by atoms with Crippen molar-refractivity contribution in [3.8, 4) is 11.5 Å². The van der Waals surface area contributed by atoms with Gasteiger partial charge in [0.2, 0.25) is 0 Å². The fraction of sp³-hybridized carbons (Fsp3) is 0.333. The smallest absolute Gasteiger partial charge is 0.161 e. The number of benzene rings is 1. The average Bonchev–Trinajstić information content (AvgIpc) is 2.53. The molecule has 1 aromatic carbocycles. The minimum Gasteiger partial charge on any atom is -0.493 e. The van der Waals surface area contributed by atoms with Gasteiger partial charge in [0.1, 0.15) is 0 Å². The fourth-order valence-corrected chi connectivity index (χ4v) is 1.90. The molecule has 0 radical (unpaired) electrons. The van der Waals surface area contributed by atoms with Crippen LogP contribution in [0.15, 0.2) is 36.8 Å². The van der Waals surface area contributed by atoms with Crippen LogP contribution in [0.4, 0.5) is 0 Å². The molecule has 5 heteroatoms. The lowest BCUT2D eigenvalue weighted by Gasteiger charge is -2.14. The van der Waals surface area contributed by atoms with Crippen molar-refractivity contribution in [3.63, 3.8) is 0 Å². The molecule has 2 rings (SSSR count). The maximum absolute atomic E-state index is 5.29. The number of hydrogen-bond acceptors (Lipinski definition) is 5. The van der Waals surface area contributed by atoms with E-state index in [2.05, 4.69) is 22.2 Å². The molecule has 1 atom stereocenters. The van der Waals surface area contributed by atoms with E-state index in [1.807, 2.05) is 18.2 Å². The molecular formula is C15H19N3O2. The molecule has 20 heavy (non-hydrogen) atoms. The van der Waals surface area contributed by atoms with Crippen molar-refractivity contribution in [1.82, 2.24) is 15.3 Å². The second-order valence-corrected chi connectivity index (χ2v) is 4.42. The van der Waals surface area contributed by atoms with E-state index in [1.165, 1.54) is 0 Å². The van der Waals surface area contributed by atoms with E-state index < -0.39 is 0 Å². The summed E-state index contributed by atoms with van der Waals surface area (Å²) in [5.74, 6) is 1.47. The van der Waals surface area contributed by atoms with Gasteiger partial charge < -0.3 is 14.8 Å². The highest BCUT2D eigenvalue weighted by molar-refractivity contribution is 5.42. The molecule has 0 bridgehead atoms. The van der Waals surface area contributed by atoms with Gasteiger partial charge in [0.05, 0.1) is 19.9 Å². The number of methoxy groups -OCH3 is 2. The molecule has 5 nitrogen and oxygen atoms in total. The van der Waals surface area contributed by atoms with Gasteiger partial charge in [0.25, 0.3) is 0 Å². The zero-order chi connectivity index (χ0) is 14.4. The third kappa shape index (κ3) is 3.45. The van der Waals surface area contributed by atoms with Crippen molar-refractivity contribution in [2.75, 3.05) is 14.2 Å². The number of aromatic nitrogens is 2. The van der Waals surface area contributed by atoms with Gasteiger partial charge in [-0.15, -0.1) is 0 Å². The van der Waals surface area contributed by atoms with Crippen molar-refractivity contribution in [1.29, 1.82) is 0 Å². The first-order valence-electron chi connectivity index (χ1n) is 6.44. The lowest BCUT2D eigenvalue weighted by Crippen LogP contribution is -2.19. The SMILES string of the molecule is COc1ccc(CNC(C)c2cnccn2)cc1OC. The predicted octanol–water partition coefficient (Wildman–Crippen LogP) is 2.34. The number of nitrogens with zero attached hydrogens (tertiary/aromatic N) is 2. The Labute approximate surface area is 119 Å². The Hall–Kier alpha value is -2.14. The normalized spacial score (nSPS) is 11.9. The van der Waals surface area contributed by atoms with Crippen LogP contribution in [0.2, 0.25) is 0 Å². The van der Waals surface area contributed by atoms with E-state index in [1.54, 1.807) is 32.8 Å². The topological polar surface area (TPSA) is 56.3 Å². The van der Waals surface area contributed by atoms with Crippen molar-refractivity contribution in [3.05, 3.63) is 48.0 Å². The van der Waals surface area contributed by atoms with E-state index in [0.717, 1.165) is 29.3 Å². The molecule has 1 heterocycles. The molecule has 0 spiro atoms. The summed E-state index contributed by atoms with van der Waals surface area (Å²) in [6, 6.07) is 6.02. The van der Waals surface area contributed by atoms with Crippen LogP contribution >= 0.6 is 0 Å². The van der Waals surface area contributed by atoms with Gasteiger partial charge in [0, 0.05) is 31.2 Å². The molecule has 106 valence electrons. The van der Waals surface area contributed by atoms with Crippen molar-refractivity contribution in [2.45, 2.75) is 19.5 Å². The van der Waals surface area contributed by atoms with E-state index in [0.29, 0.717) is 0 Å². The van der Waals surface area contributed by atoms with E-state index >= 15 is 0 Å². The lowest BCUT2D eigenvalue weighted by molar-refractivity contribution is 0.354. The Morgan fingerprint density at radius 2 is 1.95 bits per heavy atom. The van der Waals surface area contributed by atoms with Crippen LogP contribution in [-0.4, -0.2) is 24.2 Å². The standard InChI is InChI=1S/C15H19N3O2/c1-11(13-10-16-6-7-17-13)18-9-12-4-5-14(19-2)15(8-12)20-3/h4-8,10-11,18H,9H2,1-3H3. The highest BCUT2D eigenvalue weighted by Gasteiger charge is 2.08. The largest absolute Gasteiger partial charge is 0.493 e. The Morgan fingerprint density at radius 3 is 2.60 bits per heavy atom. The Kier molecular flexibility index (Phi) is 4.90. The summed E-state index contributed by atoms with van der Waals surface area (Å²) in [7, 11) is 3.27. The number of hydrogen-bond donors (Lipinski definition) is 1. The molecule has 0 aliphatic carbocycles. The molecule has 1 N–H and O–H groups in total. The third-order valence-corrected chi connectivity index (χ3v) is 3.09. The third-order valence-electron chi connectivity index (χ3n) is 3.09. The quantitative estimate of drug-likeness (QED) is 0.875. The van der Waals surface area contributed by atoms with Gasteiger partial charge in [-0.1, -0.05) is 6.07 Å². The van der Waals surface area contributed by atoms with Crippen LogP contribution in [0.25, 0.3) is 0 Å². The number of ether oxygens (including phenoxy) is 2. The van der Waals surface area contributed by atoms with Crippen LogP contribution in [0.5, 0.6) is 11.5 Å². The molecule has 0 fully saturated rings. The van der Waals surface area contributed by atoms with Gasteiger partial charge in [0.15, 0.2) is 11.5 Å². The highest BCUT2D eigenvalue weighted by Crippen LogP contribution is 2.27. The summed E-state index contributed by atoms with van der Waals surface area (Å²) in [5.41, 5.74) is 2.05. The van der Waals surface area contributed by atoms with Crippen LogP contribution in [0, 0.1) is 0 Å². The summed E-state index contributed by atoms with van der Waals surface area (Å²) in [6.07, 6.45) is 5.14. The molecule has 0 amide bonds. The maximum Gasteiger partial charge on any atom is 0.161 e. The molecule has 0 aliphatic heterocycles. The van der Waals surface area contributed by atoms with Gasteiger partial charge in [-0.3, -0.25) is 9.97 Å². The predicted molar refractivity (Wildman–Crippen MR) is 76.8 cm³/mol. The molecule has 1 unspecified atom stereocenters. The fourth-order valence-electron chi connectivity index (χ4n) is 1.90. The molecule has 0 aliphatic rings. The minimum atomic E-state index is 0.136. The monoisotopic (exact) mass is 273 g/mol. The second-order valence-electron chi connectivity index (χ2n) is 4.42. The Morgan fingerprint density at radius 1 is 1.15 bits per heavy atom. The van der Waals surface area contributed by atoms with Gasteiger partial charge in [-0.05, 0) is 24.6 Å². The van der Waals surface area contributed by atoms with Crippen LogP contribution in [0.3, 0.4) is 0 Å². The molecule has 2 aromatic rings. The summed E-state index contributed by atoms with van der Waals surface area (Å²) in [6.45, 7) is 2.78. The zero-order valence-electron chi connectivity index (χ0n) is 12.0. The second kappa shape index (κ2) is 6.86. The van der Waals surface area contributed by atoms with Crippen molar-refractivity contribution in [2.24, 2.45) is 0 Å². The average molecular weight is 273 g/mol. The van der Waals surface area contributed by atoms with E-state index in [4.69, 9.17) is 9.47 Å². The van der Waals surface area contributed by atoms with Gasteiger partial charge >= 0.3 is 0 Å². The zero-order valence-corrected chi connectivity index (χ0v) is 12.0. The summed E-state index contributed by atoms with van der Waals surface area (Å²) in [4.78, 5) is 8.35. The Bertz CT molecular complexity index is 546. The summed E-state index contributed by atoms with van der Waals surface area (Å²) in [5, 5.41) is 3.41. The van der Waals surface area contributed by atoms with E-state index in [9.17, 15) is 0 Å². The van der Waals surface area contributed by atoms with E-state index in [-0.39, 0.29) is 6.04 Å². The first kappa shape index (κ1) is 14.3. The molecule has 1 aromatic heterocycles. The first-order chi connectivity index (χ1) is 9.74. The van der Waals surface area contributed by atoms with Crippen LogP contribution < -0.4 is 14.8 Å². The van der Waals surface area contributed by atoms with Crippen molar-refractivity contribution >= 4 is 0 Å². The first-order valence-corrected chi connectivity index (χ1v) is 6.44. The molecular weight excluding hydrogens is 254 g/mol. The molecule has 0 saturated heterocycles. The molecule has 0 saturated carbocycles. The number of rotatable bonds is 6. The van der Waals surface area contributed by atoms with Gasteiger partial charge in [-0.25, -0.2) is 0 Å². The lowest BCUT2D eigenvalue weighted by atomic mass is 10.1. The minimum absolute atomic E-state index is 0.136. The van der Waals surface area contributed by atoms with Gasteiger partial charge in [-0.2, -0.15) is 0 Å². The summed E-state index contributed by atoms with van der Waals surface area (Å²) < 4.78 is 10.5. The maximum atomic E-state index is 5.29. The van der Waals surface area contributed by atoms with Crippen LogP contribution in [-0.2, 0) is 6.54 Å². The van der Waals surface area contributed by atoms with Crippen LogP contribution in [0.1, 0.15) is 24.2 Å². The Balaban J connectivity index is 2.00. The van der Waals surface area contributed by atoms with Crippen molar-refractivity contribution < 1.29 is 9.47 Å². The highest BCUT2D eigenvalue weighted by atomic mass is 16.5.